The third-order valence-electron chi connectivity index (χ3n) is 2.68. The van der Waals surface area contributed by atoms with Crippen molar-refractivity contribution in [2.75, 3.05) is 0 Å². The second-order valence-electron chi connectivity index (χ2n) is 3.89. The topological polar surface area (TPSA) is 55.1 Å². The number of rotatable bonds is 4. The molecule has 2 heterocycles. The monoisotopic (exact) mass is 250 g/mol. The summed E-state index contributed by atoms with van der Waals surface area (Å²) in [5, 5.41) is 10.7. The zero-order chi connectivity index (χ0) is 12.4. The maximum absolute atomic E-state index is 10.6. The number of aromatic nitrogens is 2. The van der Waals surface area contributed by atoms with Gasteiger partial charge in [-0.3, -0.25) is 4.79 Å². The molecule has 0 spiro atoms. The Labute approximate surface area is 104 Å². The highest BCUT2D eigenvalue weighted by atomic mass is 32.1. The van der Waals surface area contributed by atoms with Crippen LogP contribution in [0.15, 0.2) is 17.5 Å². The number of hydrogen-bond donors (Lipinski definition) is 1. The van der Waals surface area contributed by atoms with Crippen molar-refractivity contribution in [3.8, 4) is 10.6 Å². The SMILES string of the molecule is Cc1nc(CCC(=O)O)n(C)c1-c1cccs1. The molecule has 0 aromatic carbocycles. The molecular formula is C12H14N2O2S. The fourth-order valence-corrected chi connectivity index (χ4v) is 2.75. The van der Waals surface area contributed by atoms with Crippen LogP contribution in [0.5, 0.6) is 0 Å². The van der Waals surface area contributed by atoms with Crippen molar-refractivity contribution < 1.29 is 9.90 Å². The Kier molecular flexibility index (Phi) is 3.28. The first kappa shape index (κ1) is 11.9. The van der Waals surface area contributed by atoms with Gasteiger partial charge in [-0.15, -0.1) is 11.3 Å². The number of aliphatic carboxylic acids is 1. The average molecular weight is 250 g/mol. The number of carboxylic acids is 1. The molecule has 0 aliphatic carbocycles. The van der Waals surface area contributed by atoms with Crippen LogP contribution in [0.4, 0.5) is 0 Å². The Bertz CT molecular complexity index is 529. The van der Waals surface area contributed by atoms with Gasteiger partial charge in [0.05, 0.1) is 22.7 Å². The van der Waals surface area contributed by atoms with E-state index in [4.69, 9.17) is 5.11 Å². The Morgan fingerprint density at radius 2 is 2.35 bits per heavy atom. The van der Waals surface area contributed by atoms with Gasteiger partial charge in [0, 0.05) is 13.5 Å². The first-order chi connectivity index (χ1) is 8.09. The van der Waals surface area contributed by atoms with Crippen molar-refractivity contribution in [3.05, 3.63) is 29.0 Å². The lowest BCUT2D eigenvalue weighted by Gasteiger charge is -2.03. The number of hydrogen-bond acceptors (Lipinski definition) is 3. The molecule has 0 amide bonds. The van der Waals surface area contributed by atoms with Gasteiger partial charge in [-0.25, -0.2) is 4.98 Å². The fourth-order valence-electron chi connectivity index (χ4n) is 1.89. The van der Waals surface area contributed by atoms with Crippen LogP contribution in [0.1, 0.15) is 17.9 Å². The average Bonchev–Trinajstić information content (AvgIpc) is 2.84. The standard InChI is InChI=1S/C12H14N2O2S/c1-8-12(9-4-3-7-17-9)14(2)10(13-8)5-6-11(15)16/h3-4,7H,5-6H2,1-2H3,(H,15,16). The molecule has 0 fully saturated rings. The van der Waals surface area contributed by atoms with Crippen LogP contribution in [0, 0.1) is 6.92 Å². The van der Waals surface area contributed by atoms with Crippen LogP contribution in [-0.4, -0.2) is 20.6 Å². The van der Waals surface area contributed by atoms with Crippen molar-refractivity contribution in [3.63, 3.8) is 0 Å². The Morgan fingerprint density at radius 3 is 2.94 bits per heavy atom. The van der Waals surface area contributed by atoms with Crippen LogP contribution >= 0.6 is 11.3 Å². The van der Waals surface area contributed by atoms with Crippen LogP contribution < -0.4 is 0 Å². The number of carboxylic acid groups (broad SMARTS) is 1. The smallest absolute Gasteiger partial charge is 0.303 e. The molecule has 2 aromatic rings. The van der Waals surface area contributed by atoms with E-state index in [0.29, 0.717) is 6.42 Å². The van der Waals surface area contributed by atoms with E-state index in [-0.39, 0.29) is 6.42 Å². The number of nitrogens with zero attached hydrogens (tertiary/aromatic N) is 2. The lowest BCUT2D eigenvalue weighted by atomic mass is 10.3. The van der Waals surface area contributed by atoms with Gasteiger partial charge < -0.3 is 9.67 Å². The maximum Gasteiger partial charge on any atom is 0.303 e. The largest absolute Gasteiger partial charge is 0.481 e. The summed E-state index contributed by atoms with van der Waals surface area (Å²) in [6.45, 7) is 1.96. The van der Waals surface area contributed by atoms with E-state index in [9.17, 15) is 4.79 Å². The van der Waals surface area contributed by atoms with Crippen molar-refractivity contribution in [2.24, 2.45) is 7.05 Å². The van der Waals surface area contributed by atoms with Crippen LogP contribution in [0.2, 0.25) is 0 Å². The summed E-state index contributed by atoms with van der Waals surface area (Å²) in [6.07, 6.45) is 0.590. The van der Waals surface area contributed by atoms with Gasteiger partial charge >= 0.3 is 5.97 Å². The maximum atomic E-state index is 10.6. The van der Waals surface area contributed by atoms with E-state index in [2.05, 4.69) is 11.1 Å². The quantitative estimate of drug-likeness (QED) is 0.907. The van der Waals surface area contributed by atoms with Crippen molar-refractivity contribution >= 4 is 17.3 Å². The summed E-state index contributed by atoms with van der Waals surface area (Å²) < 4.78 is 1.99. The lowest BCUT2D eigenvalue weighted by molar-refractivity contribution is -0.137. The van der Waals surface area contributed by atoms with Crippen molar-refractivity contribution in [1.29, 1.82) is 0 Å². The molecule has 0 aliphatic rings. The molecule has 17 heavy (non-hydrogen) atoms. The summed E-state index contributed by atoms with van der Waals surface area (Å²) in [4.78, 5) is 16.2. The zero-order valence-electron chi connectivity index (χ0n) is 9.80. The van der Waals surface area contributed by atoms with Crippen LogP contribution in [0.25, 0.3) is 10.6 Å². The minimum atomic E-state index is -0.789. The third-order valence-corrected chi connectivity index (χ3v) is 3.56. The van der Waals surface area contributed by atoms with Crippen molar-refractivity contribution in [1.82, 2.24) is 9.55 Å². The molecule has 0 aliphatic heterocycles. The van der Waals surface area contributed by atoms with Gasteiger partial charge in [0.2, 0.25) is 0 Å². The summed E-state index contributed by atoms with van der Waals surface area (Å²) in [5.74, 6) is 0.0385. The molecule has 0 unspecified atom stereocenters. The van der Waals surface area contributed by atoms with Crippen LogP contribution in [0.3, 0.4) is 0 Å². The molecule has 2 aromatic heterocycles. The van der Waals surface area contributed by atoms with Gasteiger partial charge in [0.15, 0.2) is 0 Å². The molecule has 1 N–H and O–H groups in total. The Hall–Kier alpha value is -1.62. The second kappa shape index (κ2) is 4.71. The van der Waals surface area contributed by atoms with Gasteiger partial charge in [0.1, 0.15) is 5.82 Å². The molecule has 0 saturated carbocycles. The van der Waals surface area contributed by atoms with Crippen molar-refractivity contribution in [2.45, 2.75) is 19.8 Å². The summed E-state index contributed by atoms with van der Waals surface area (Å²) in [6, 6.07) is 4.05. The van der Waals surface area contributed by atoms with Gasteiger partial charge in [-0.05, 0) is 18.4 Å². The number of aryl methyl sites for hydroxylation is 2. The molecule has 0 atom stereocenters. The molecule has 0 bridgehead atoms. The lowest BCUT2D eigenvalue weighted by Crippen LogP contribution is -2.03. The second-order valence-corrected chi connectivity index (χ2v) is 4.84. The number of imidazole rings is 1. The van der Waals surface area contributed by atoms with E-state index < -0.39 is 5.97 Å². The highest BCUT2D eigenvalue weighted by Gasteiger charge is 2.14. The first-order valence-electron chi connectivity index (χ1n) is 5.37. The van der Waals surface area contributed by atoms with Crippen LogP contribution in [-0.2, 0) is 18.3 Å². The first-order valence-corrected chi connectivity index (χ1v) is 6.25. The number of thiophene rings is 1. The van der Waals surface area contributed by atoms with E-state index in [1.807, 2.05) is 30.0 Å². The molecule has 4 nitrogen and oxygen atoms in total. The highest BCUT2D eigenvalue weighted by Crippen LogP contribution is 2.28. The third kappa shape index (κ3) is 2.39. The van der Waals surface area contributed by atoms with Gasteiger partial charge in [-0.2, -0.15) is 0 Å². The van der Waals surface area contributed by atoms with E-state index in [1.54, 1.807) is 11.3 Å². The Balaban J connectivity index is 2.32. The number of carbonyl (C=O) groups is 1. The molecule has 5 heteroatoms. The molecular weight excluding hydrogens is 236 g/mol. The van der Waals surface area contributed by atoms with Gasteiger partial charge in [0.25, 0.3) is 0 Å². The minimum Gasteiger partial charge on any atom is -0.481 e. The summed E-state index contributed by atoms with van der Waals surface area (Å²) >= 11 is 1.66. The normalized spacial score (nSPS) is 10.7. The summed E-state index contributed by atoms with van der Waals surface area (Å²) in [7, 11) is 1.94. The minimum absolute atomic E-state index is 0.119. The predicted octanol–water partition coefficient (Wildman–Crippen LogP) is 2.47. The van der Waals surface area contributed by atoms with E-state index in [0.717, 1.165) is 17.2 Å². The van der Waals surface area contributed by atoms with E-state index in [1.165, 1.54) is 4.88 Å². The highest BCUT2D eigenvalue weighted by molar-refractivity contribution is 7.13. The van der Waals surface area contributed by atoms with E-state index >= 15 is 0 Å². The molecule has 90 valence electrons. The molecule has 0 saturated heterocycles. The fraction of sp³-hybridized carbons (Fsp3) is 0.333. The summed E-state index contributed by atoms with van der Waals surface area (Å²) in [5.41, 5.74) is 2.04. The predicted molar refractivity (Wildman–Crippen MR) is 67.2 cm³/mol. The zero-order valence-corrected chi connectivity index (χ0v) is 10.6. The molecule has 2 rings (SSSR count). The van der Waals surface area contributed by atoms with Gasteiger partial charge in [-0.1, -0.05) is 6.07 Å². The Morgan fingerprint density at radius 1 is 1.59 bits per heavy atom. The molecule has 0 radical (unpaired) electrons.